The van der Waals surface area contributed by atoms with E-state index in [1.54, 1.807) is 0 Å². The number of nitro benzene ring substituents is 1. The second kappa shape index (κ2) is 4.40. The molecule has 0 aliphatic carbocycles. The van der Waals surface area contributed by atoms with Gasteiger partial charge in [0.05, 0.1) is 16.9 Å². The Morgan fingerprint density at radius 1 is 1.41 bits per heavy atom. The van der Waals surface area contributed by atoms with E-state index < -0.39 is 40.3 Å². The molecule has 1 aromatic carbocycles. The van der Waals surface area contributed by atoms with E-state index in [0.717, 1.165) is 0 Å². The number of nitro groups is 1. The van der Waals surface area contributed by atoms with E-state index in [1.807, 2.05) is 0 Å². The molecule has 0 saturated carbocycles. The minimum absolute atomic E-state index is 0.475. The van der Waals surface area contributed by atoms with Crippen molar-refractivity contribution in [1.29, 1.82) is 0 Å². The molecule has 92 valence electrons. The van der Waals surface area contributed by atoms with Gasteiger partial charge in [0.2, 0.25) is 0 Å². The molecule has 0 atom stereocenters. The van der Waals surface area contributed by atoms with Crippen molar-refractivity contribution < 1.29 is 28.0 Å². The number of alkyl halides is 3. The lowest BCUT2D eigenvalue weighted by Crippen LogP contribution is -2.09. The molecule has 0 unspecified atom stereocenters. The monoisotopic (exact) mass is 249 g/mol. The average molecular weight is 249 g/mol. The molecule has 0 spiro atoms. The molecule has 17 heavy (non-hydrogen) atoms. The fourth-order valence-corrected chi connectivity index (χ4v) is 1.24. The van der Waals surface area contributed by atoms with Crippen molar-refractivity contribution in [3.05, 3.63) is 39.4 Å². The number of rotatable bonds is 3. The zero-order valence-electron chi connectivity index (χ0n) is 8.19. The Balaban J connectivity index is 3.29. The molecule has 1 aromatic rings. The number of carboxylic acid groups (broad SMARTS) is 1. The zero-order chi connectivity index (χ0) is 13.2. The average Bonchev–Trinajstić information content (AvgIpc) is 2.14. The maximum Gasteiger partial charge on any atom is 0.416 e. The van der Waals surface area contributed by atoms with Crippen LogP contribution in [0.25, 0.3) is 0 Å². The minimum Gasteiger partial charge on any atom is -0.481 e. The third kappa shape index (κ3) is 3.16. The smallest absolute Gasteiger partial charge is 0.416 e. The maximum atomic E-state index is 12.3. The van der Waals surface area contributed by atoms with Gasteiger partial charge in [-0.05, 0) is 12.1 Å². The summed E-state index contributed by atoms with van der Waals surface area (Å²) in [6.07, 6.45) is -5.50. The van der Waals surface area contributed by atoms with Crippen molar-refractivity contribution in [3.8, 4) is 0 Å². The molecule has 0 heterocycles. The Morgan fingerprint density at radius 3 is 2.41 bits per heavy atom. The van der Waals surface area contributed by atoms with Crippen LogP contribution in [0, 0.1) is 10.1 Å². The normalized spacial score (nSPS) is 11.2. The fourth-order valence-electron chi connectivity index (χ4n) is 1.24. The second-order valence-electron chi connectivity index (χ2n) is 3.17. The number of carbonyl (C=O) groups is 1. The number of benzene rings is 1. The van der Waals surface area contributed by atoms with Gasteiger partial charge in [-0.15, -0.1) is 0 Å². The number of hydrogen-bond acceptors (Lipinski definition) is 3. The Hall–Kier alpha value is -2.12. The quantitative estimate of drug-likeness (QED) is 0.658. The molecule has 0 bridgehead atoms. The lowest BCUT2D eigenvalue weighted by molar-refractivity contribution is -0.385. The molecule has 0 aromatic heterocycles. The van der Waals surface area contributed by atoms with E-state index in [1.165, 1.54) is 0 Å². The molecule has 8 heteroatoms. The van der Waals surface area contributed by atoms with Gasteiger partial charge in [-0.2, -0.15) is 13.2 Å². The third-order valence-corrected chi connectivity index (χ3v) is 1.95. The van der Waals surface area contributed by atoms with E-state index in [9.17, 15) is 28.1 Å². The Kier molecular flexibility index (Phi) is 3.35. The summed E-state index contributed by atoms with van der Waals surface area (Å²) in [5, 5.41) is 19.0. The van der Waals surface area contributed by atoms with Crippen LogP contribution in [0.1, 0.15) is 11.1 Å². The zero-order valence-corrected chi connectivity index (χ0v) is 8.19. The van der Waals surface area contributed by atoms with Crippen molar-refractivity contribution in [1.82, 2.24) is 0 Å². The number of nitrogens with zero attached hydrogens (tertiary/aromatic N) is 1. The number of aliphatic carboxylic acids is 1. The summed E-state index contributed by atoms with van der Waals surface area (Å²) in [4.78, 5) is 20.0. The Bertz CT molecular complexity index is 470. The predicted molar refractivity (Wildman–Crippen MR) is 49.4 cm³/mol. The van der Waals surface area contributed by atoms with Gasteiger partial charge in [-0.3, -0.25) is 14.9 Å². The Morgan fingerprint density at radius 2 is 2.00 bits per heavy atom. The van der Waals surface area contributed by atoms with Gasteiger partial charge in [0.1, 0.15) is 0 Å². The van der Waals surface area contributed by atoms with Crippen molar-refractivity contribution in [2.24, 2.45) is 0 Å². The lowest BCUT2D eigenvalue weighted by Gasteiger charge is -2.08. The van der Waals surface area contributed by atoms with Crippen LogP contribution in [0.3, 0.4) is 0 Å². The number of carboxylic acids is 1. The summed E-state index contributed by atoms with van der Waals surface area (Å²) in [5.74, 6) is -1.44. The van der Waals surface area contributed by atoms with Crippen molar-refractivity contribution in [3.63, 3.8) is 0 Å². The summed E-state index contributed by atoms with van der Waals surface area (Å²) in [5.41, 5.74) is -2.22. The van der Waals surface area contributed by atoms with E-state index in [0.29, 0.717) is 18.2 Å². The molecule has 0 aliphatic heterocycles. The first-order valence-corrected chi connectivity index (χ1v) is 4.28. The van der Waals surface area contributed by atoms with Crippen LogP contribution < -0.4 is 0 Å². The van der Waals surface area contributed by atoms with Crippen molar-refractivity contribution >= 4 is 11.7 Å². The first kappa shape index (κ1) is 12.9. The van der Waals surface area contributed by atoms with Crippen molar-refractivity contribution in [2.45, 2.75) is 12.6 Å². The molecular weight excluding hydrogens is 243 g/mol. The SMILES string of the molecule is O=C(O)Cc1cc(C(F)(F)F)ccc1[N+](=O)[O-]. The Labute approximate surface area is 92.6 Å². The third-order valence-electron chi connectivity index (χ3n) is 1.95. The molecule has 0 aliphatic rings. The van der Waals surface area contributed by atoms with E-state index in [2.05, 4.69) is 0 Å². The highest BCUT2D eigenvalue weighted by Gasteiger charge is 2.32. The highest BCUT2D eigenvalue weighted by Crippen LogP contribution is 2.32. The topological polar surface area (TPSA) is 80.4 Å². The van der Waals surface area contributed by atoms with Gasteiger partial charge in [0.15, 0.2) is 0 Å². The van der Waals surface area contributed by atoms with Crippen LogP contribution in [0.5, 0.6) is 0 Å². The molecular formula is C9H6F3NO4. The summed E-state index contributed by atoms with van der Waals surface area (Å²) >= 11 is 0. The first-order chi connectivity index (χ1) is 7.71. The molecule has 5 nitrogen and oxygen atoms in total. The summed E-state index contributed by atoms with van der Waals surface area (Å²) in [6.45, 7) is 0. The summed E-state index contributed by atoms with van der Waals surface area (Å²) in [7, 11) is 0. The van der Waals surface area contributed by atoms with E-state index in [-0.39, 0.29) is 0 Å². The fraction of sp³-hybridized carbons (Fsp3) is 0.222. The summed E-state index contributed by atoms with van der Waals surface area (Å²) < 4.78 is 37.0. The highest BCUT2D eigenvalue weighted by atomic mass is 19.4. The van der Waals surface area contributed by atoms with E-state index >= 15 is 0 Å². The predicted octanol–water partition coefficient (Wildman–Crippen LogP) is 2.24. The van der Waals surface area contributed by atoms with Gasteiger partial charge < -0.3 is 5.11 Å². The van der Waals surface area contributed by atoms with Gasteiger partial charge in [-0.25, -0.2) is 0 Å². The van der Waals surface area contributed by atoms with E-state index in [4.69, 9.17) is 5.11 Å². The molecule has 0 saturated heterocycles. The number of hydrogen-bond donors (Lipinski definition) is 1. The first-order valence-electron chi connectivity index (χ1n) is 4.28. The minimum atomic E-state index is -4.66. The van der Waals surface area contributed by atoms with Crippen molar-refractivity contribution in [2.75, 3.05) is 0 Å². The van der Waals surface area contributed by atoms with Crippen LogP contribution in [-0.4, -0.2) is 16.0 Å². The van der Waals surface area contributed by atoms with Gasteiger partial charge in [0.25, 0.3) is 5.69 Å². The van der Waals surface area contributed by atoms with Crippen LogP contribution >= 0.6 is 0 Å². The standard InChI is InChI=1S/C9H6F3NO4/c10-9(11,12)6-1-2-7(13(16)17)5(3-6)4-8(14)15/h1-3H,4H2,(H,14,15). The maximum absolute atomic E-state index is 12.3. The van der Waals surface area contributed by atoms with Gasteiger partial charge >= 0.3 is 12.1 Å². The molecule has 1 N–H and O–H groups in total. The van der Waals surface area contributed by atoms with Crippen LogP contribution in [0.4, 0.5) is 18.9 Å². The van der Waals surface area contributed by atoms with Crippen LogP contribution in [0.2, 0.25) is 0 Å². The van der Waals surface area contributed by atoms with Gasteiger partial charge in [-0.1, -0.05) is 0 Å². The van der Waals surface area contributed by atoms with Crippen LogP contribution in [-0.2, 0) is 17.4 Å². The lowest BCUT2D eigenvalue weighted by atomic mass is 10.1. The summed E-state index contributed by atoms with van der Waals surface area (Å²) in [6, 6.07) is 1.68. The molecule has 0 amide bonds. The highest BCUT2D eigenvalue weighted by molar-refractivity contribution is 5.72. The number of halogens is 3. The molecule has 0 fully saturated rings. The molecule has 0 radical (unpaired) electrons. The van der Waals surface area contributed by atoms with Gasteiger partial charge in [0, 0.05) is 11.6 Å². The molecule has 1 rings (SSSR count). The second-order valence-corrected chi connectivity index (χ2v) is 3.17. The largest absolute Gasteiger partial charge is 0.481 e. The van der Waals surface area contributed by atoms with Crippen LogP contribution in [0.15, 0.2) is 18.2 Å².